The van der Waals surface area contributed by atoms with Crippen LogP contribution in [0, 0.1) is 11.8 Å². The molecule has 0 radical (unpaired) electrons. The van der Waals surface area contributed by atoms with Gasteiger partial charge in [0.1, 0.15) is 0 Å². The van der Waals surface area contributed by atoms with Crippen LogP contribution < -0.4 is 16.4 Å². The summed E-state index contributed by atoms with van der Waals surface area (Å²) in [5.41, 5.74) is 5.64. The quantitative estimate of drug-likeness (QED) is 0.593. The fraction of sp³-hybridized carbons (Fsp3) is 0.750. The summed E-state index contributed by atoms with van der Waals surface area (Å²) in [6.07, 6.45) is 2.91. The summed E-state index contributed by atoms with van der Waals surface area (Å²) in [5, 5.41) is 5.23. The number of urea groups is 1. The lowest BCUT2D eigenvalue weighted by molar-refractivity contribution is -0.127. The predicted molar refractivity (Wildman–Crippen MR) is 75.3 cm³/mol. The molecule has 2 fully saturated rings. The average Bonchev–Trinajstić information content (AvgIpc) is 2.99. The highest BCUT2D eigenvalue weighted by Gasteiger charge is 2.32. The van der Waals surface area contributed by atoms with Gasteiger partial charge in [0, 0.05) is 19.0 Å². The van der Waals surface area contributed by atoms with Crippen molar-refractivity contribution in [3.05, 3.63) is 0 Å². The normalized spacial score (nSPS) is 25.4. The highest BCUT2D eigenvalue weighted by atomic mass is 35.5. The molecule has 2 aliphatic rings. The first kappa shape index (κ1) is 16.7. The van der Waals surface area contributed by atoms with Crippen LogP contribution in [-0.2, 0) is 9.59 Å². The van der Waals surface area contributed by atoms with Gasteiger partial charge in [-0.15, -0.1) is 12.4 Å². The van der Waals surface area contributed by atoms with Gasteiger partial charge in [0.15, 0.2) is 0 Å². The van der Waals surface area contributed by atoms with E-state index in [0.29, 0.717) is 13.1 Å². The van der Waals surface area contributed by atoms with E-state index in [2.05, 4.69) is 10.6 Å². The monoisotopic (exact) mass is 304 g/mol. The van der Waals surface area contributed by atoms with E-state index < -0.39 is 0 Å². The maximum Gasteiger partial charge on any atom is 0.324 e. The van der Waals surface area contributed by atoms with Crippen molar-refractivity contribution in [3.8, 4) is 0 Å². The molecule has 0 unspecified atom stereocenters. The van der Waals surface area contributed by atoms with Crippen LogP contribution in [0.4, 0.5) is 4.79 Å². The van der Waals surface area contributed by atoms with Gasteiger partial charge in [-0.3, -0.25) is 14.5 Å². The van der Waals surface area contributed by atoms with Gasteiger partial charge in [0.25, 0.3) is 0 Å². The van der Waals surface area contributed by atoms with Gasteiger partial charge in [-0.2, -0.15) is 0 Å². The molecule has 0 aromatic heterocycles. The number of imide groups is 1. The maximum absolute atomic E-state index is 12.0. The van der Waals surface area contributed by atoms with Crippen molar-refractivity contribution >= 4 is 30.3 Å². The number of nitrogens with zero attached hydrogens (tertiary/aromatic N) is 1. The van der Waals surface area contributed by atoms with E-state index in [1.54, 1.807) is 0 Å². The summed E-state index contributed by atoms with van der Waals surface area (Å²) in [6.45, 7) is 1.10. The molecule has 0 aromatic carbocycles. The standard InChI is InChI=1S/C12H20N4O3.ClH/c13-6-8-2-1-3-9(8)11(18)14-4-5-16-10(17)7-15-12(16)19;/h8-9H,1-7,13H2,(H,14,18)(H,15,19);1H/t8-,9-;/m1./s1. The van der Waals surface area contributed by atoms with Gasteiger partial charge >= 0.3 is 6.03 Å². The maximum atomic E-state index is 12.0. The van der Waals surface area contributed by atoms with Crippen molar-refractivity contribution in [1.29, 1.82) is 0 Å². The Morgan fingerprint density at radius 3 is 2.75 bits per heavy atom. The Balaban J connectivity index is 0.00000200. The third-order valence-electron chi connectivity index (χ3n) is 3.87. The van der Waals surface area contributed by atoms with Crippen molar-refractivity contribution in [2.24, 2.45) is 17.6 Å². The van der Waals surface area contributed by atoms with Gasteiger partial charge in [-0.1, -0.05) is 6.42 Å². The van der Waals surface area contributed by atoms with E-state index in [0.717, 1.165) is 24.2 Å². The van der Waals surface area contributed by atoms with E-state index in [4.69, 9.17) is 5.73 Å². The van der Waals surface area contributed by atoms with Gasteiger partial charge in [0.05, 0.1) is 6.54 Å². The molecule has 20 heavy (non-hydrogen) atoms. The number of nitrogens with two attached hydrogens (primary N) is 1. The number of halogens is 1. The topological polar surface area (TPSA) is 105 Å². The Kier molecular flexibility index (Phi) is 6.22. The number of carbonyl (C=O) groups is 3. The van der Waals surface area contributed by atoms with Gasteiger partial charge in [-0.25, -0.2) is 4.79 Å². The average molecular weight is 305 g/mol. The van der Waals surface area contributed by atoms with Crippen LogP contribution in [0.25, 0.3) is 0 Å². The van der Waals surface area contributed by atoms with E-state index in [1.165, 1.54) is 0 Å². The Morgan fingerprint density at radius 2 is 2.15 bits per heavy atom. The molecule has 114 valence electrons. The molecule has 0 aromatic rings. The molecular formula is C12H21ClN4O3. The van der Waals surface area contributed by atoms with Crippen molar-refractivity contribution < 1.29 is 14.4 Å². The van der Waals surface area contributed by atoms with E-state index >= 15 is 0 Å². The third kappa shape index (κ3) is 3.61. The first-order valence-corrected chi connectivity index (χ1v) is 6.69. The minimum absolute atomic E-state index is 0. The number of carbonyl (C=O) groups excluding carboxylic acids is 3. The lowest BCUT2D eigenvalue weighted by Gasteiger charge is -2.18. The summed E-state index contributed by atoms with van der Waals surface area (Å²) >= 11 is 0. The number of nitrogens with one attached hydrogen (secondary N) is 2. The van der Waals surface area contributed by atoms with Crippen LogP contribution in [0.2, 0.25) is 0 Å². The zero-order valence-corrected chi connectivity index (χ0v) is 12.1. The Bertz CT molecular complexity index is 375. The molecule has 8 heteroatoms. The van der Waals surface area contributed by atoms with E-state index in [1.807, 2.05) is 0 Å². The van der Waals surface area contributed by atoms with Crippen LogP contribution in [0.15, 0.2) is 0 Å². The third-order valence-corrected chi connectivity index (χ3v) is 3.87. The molecule has 2 atom stereocenters. The SMILES string of the molecule is Cl.NC[C@H]1CCC[C@H]1C(=O)NCCN1C(=O)CNC1=O. The van der Waals surface area contributed by atoms with Crippen molar-refractivity contribution in [3.63, 3.8) is 0 Å². The van der Waals surface area contributed by atoms with E-state index in [9.17, 15) is 14.4 Å². The van der Waals surface area contributed by atoms with Crippen LogP contribution in [0.5, 0.6) is 0 Å². The summed E-state index contributed by atoms with van der Waals surface area (Å²) < 4.78 is 0. The van der Waals surface area contributed by atoms with Crippen LogP contribution in [-0.4, -0.2) is 48.9 Å². The molecule has 4 amide bonds. The van der Waals surface area contributed by atoms with Crippen LogP contribution in [0.3, 0.4) is 0 Å². The molecule has 0 bridgehead atoms. The fourth-order valence-electron chi connectivity index (χ4n) is 2.77. The van der Waals surface area contributed by atoms with E-state index in [-0.39, 0.29) is 55.2 Å². The van der Waals surface area contributed by atoms with Crippen LogP contribution in [0.1, 0.15) is 19.3 Å². The molecule has 1 saturated carbocycles. The Morgan fingerprint density at radius 1 is 1.40 bits per heavy atom. The largest absolute Gasteiger partial charge is 0.354 e. The highest BCUT2D eigenvalue weighted by Crippen LogP contribution is 2.30. The predicted octanol–water partition coefficient (Wildman–Crippen LogP) is -0.549. The molecular weight excluding hydrogens is 284 g/mol. The summed E-state index contributed by atoms with van der Waals surface area (Å²) in [4.78, 5) is 35.7. The van der Waals surface area contributed by atoms with Crippen LogP contribution >= 0.6 is 12.4 Å². The summed E-state index contributed by atoms with van der Waals surface area (Å²) in [5.74, 6) is -0.0234. The first-order valence-electron chi connectivity index (χ1n) is 6.69. The zero-order valence-electron chi connectivity index (χ0n) is 11.3. The molecule has 7 nitrogen and oxygen atoms in total. The van der Waals surface area contributed by atoms with Gasteiger partial charge in [-0.05, 0) is 25.3 Å². The molecule has 0 spiro atoms. The molecule has 4 N–H and O–H groups in total. The summed E-state index contributed by atoms with van der Waals surface area (Å²) in [6, 6.07) is -0.389. The van der Waals surface area contributed by atoms with Gasteiger partial charge in [0.2, 0.25) is 11.8 Å². The number of amides is 4. The Labute approximate surface area is 124 Å². The van der Waals surface area contributed by atoms with Crippen molar-refractivity contribution in [2.45, 2.75) is 19.3 Å². The van der Waals surface area contributed by atoms with Crippen molar-refractivity contribution in [1.82, 2.24) is 15.5 Å². The molecule has 1 aliphatic carbocycles. The van der Waals surface area contributed by atoms with Crippen molar-refractivity contribution in [2.75, 3.05) is 26.2 Å². The lowest BCUT2D eigenvalue weighted by atomic mass is 9.95. The fourth-order valence-corrected chi connectivity index (χ4v) is 2.77. The molecule has 2 rings (SSSR count). The minimum Gasteiger partial charge on any atom is -0.354 e. The number of hydrogen-bond acceptors (Lipinski definition) is 4. The number of rotatable bonds is 5. The second-order valence-corrected chi connectivity index (χ2v) is 5.03. The lowest BCUT2D eigenvalue weighted by Crippen LogP contribution is -2.41. The summed E-state index contributed by atoms with van der Waals surface area (Å²) in [7, 11) is 0. The molecule has 1 heterocycles. The second-order valence-electron chi connectivity index (χ2n) is 5.03. The first-order chi connectivity index (χ1) is 9.13. The highest BCUT2D eigenvalue weighted by molar-refractivity contribution is 6.01. The minimum atomic E-state index is -0.389. The smallest absolute Gasteiger partial charge is 0.324 e. The van der Waals surface area contributed by atoms with Gasteiger partial charge < -0.3 is 16.4 Å². The Hall–Kier alpha value is -1.34. The number of hydrogen-bond donors (Lipinski definition) is 3. The molecule has 1 saturated heterocycles. The molecule has 1 aliphatic heterocycles. The zero-order chi connectivity index (χ0) is 13.8. The second kappa shape index (κ2) is 7.44.